The van der Waals surface area contributed by atoms with Crippen molar-refractivity contribution in [2.24, 2.45) is 5.73 Å². The Morgan fingerprint density at radius 2 is 1.51 bits per heavy atom. The molecule has 0 saturated heterocycles. The zero-order valence-corrected chi connectivity index (χ0v) is 19.8. The standard InChI is InChI=1S/C21H30N4O9S/c1-10(26)17(20(32)24-15(9-35)21(33)34)25-19(31)14(8-11-2-4-12(27)5-3-11)23-18(30)13(22)6-7-16(28)29/h2-5,10,13-15,17,26-27,35H,6-9,22H2,1H3,(H,23,30)(H,24,32)(H,25,31)(H,28,29)(H,33,34). The number of aliphatic hydroxyl groups is 1. The molecule has 13 nitrogen and oxygen atoms in total. The van der Waals surface area contributed by atoms with Crippen LogP contribution >= 0.6 is 12.6 Å². The number of benzene rings is 1. The van der Waals surface area contributed by atoms with Gasteiger partial charge >= 0.3 is 11.9 Å². The van der Waals surface area contributed by atoms with Crippen molar-refractivity contribution in [2.75, 3.05) is 5.75 Å². The molecule has 14 heteroatoms. The fourth-order valence-electron chi connectivity index (χ4n) is 2.87. The number of thiol groups is 1. The van der Waals surface area contributed by atoms with Crippen molar-refractivity contribution in [3.05, 3.63) is 29.8 Å². The third kappa shape index (κ3) is 10.2. The Hall–Kier alpha value is -3.36. The van der Waals surface area contributed by atoms with Gasteiger partial charge in [0.2, 0.25) is 17.7 Å². The molecule has 5 unspecified atom stereocenters. The van der Waals surface area contributed by atoms with Gasteiger partial charge in [-0.25, -0.2) is 4.79 Å². The van der Waals surface area contributed by atoms with E-state index in [2.05, 4.69) is 28.6 Å². The smallest absolute Gasteiger partial charge is 0.327 e. The van der Waals surface area contributed by atoms with E-state index in [1.54, 1.807) is 0 Å². The third-order valence-electron chi connectivity index (χ3n) is 4.87. The number of phenolic OH excluding ortho intramolecular Hbond substituents is 1. The first-order valence-electron chi connectivity index (χ1n) is 10.5. The quantitative estimate of drug-likeness (QED) is 0.124. The molecule has 1 aromatic carbocycles. The van der Waals surface area contributed by atoms with Crippen LogP contribution < -0.4 is 21.7 Å². The molecule has 0 fully saturated rings. The average Bonchev–Trinajstić information content (AvgIpc) is 2.79. The van der Waals surface area contributed by atoms with Crippen LogP contribution in [0.5, 0.6) is 5.75 Å². The fraction of sp³-hybridized carbons (Fsp3) is 0.476. The average molecular weight is 515 g/mol. The highest BCUT2D eigenvalue weighted by molar-refractivity contribution is 7.80. The van der Waals surface area contributed by atoms with Crippen LogP contribution in [0, 0.1) is 0 Å². The molecule has 0 saturated carbocycles. The van der Waals surface area contributed by atoms with E-state index >= 15 is 0 Å². The highest BCUT2D eigenvalue weighted by Crippen LogP contribution is 2.12. The maximum Gasteiger partial charge on any atom is 0.327 e. The number of carbonyl (C=O) groups excluding carboxylic acids is 3. The van der Waals surface area contributed by atoms with Crippen molar-refractivity contribution < 1.29 is 44.4 Å². The number of rotatable bonds is 14. The Morgan fingerprint density at radius 3 is 2.00 bits per heavy atom. The molecule has 1 rings (SSSR count). The summed E-state index contributed by atoms with van der Waals surface area (Å²) in [7, 11) is 0. The summed E-state index contributed by atoms with van der Waals surface area (Å²) in [6.07, 6.45) is -2.10. The number of aliphatic carboxylic acids is 2. The third-order valence-corrected chi connectivity index (χ3v) is 5.24. The van der Waals surface area contributed by atoms with E-state index in [0.29, 0.717) is 5.56 Å². The Bertz CT molecular complexity index is 911. The molecule has 194 valence electrons. The fourth-order valence-corrected chi connectivity index (χ4v) is 3.12. The first kappa shape index (κ1) is 29.7. The van der Waals surface area contributed by atoms with Gasteiger partial charge < -0.3 is 42.1 Å². The zero-order valence-electron chi connectivity index (χ0n) is 18.9. The lowest BCUT2D eigenvalue weighted by molar-refractivity contribution is -0.142. The van der Waals surface area contributed by atoms with Crippen molar-refractivity contribution in [3.63, 3.8) is 0 Å². The molecule has 0 aliphatic heterocycles. The van der Waals surface area contributed by atoms with E-state index in [1.807, 2.05) is 0 Å². The summed E-state index contributed by atoms with van der Waals surface area (Å²) in [5, 5.41) is 44.2. The second-order valence-electron chi connectivity index (χ2n) is 7.78. The second kappa shape index (κ2) is 14.1. The number of hydrogen-bond acceptors (Lipinski definition) is 9. The lowest BCUT2D eigenvalue weighted by atomic mass is 10.0. The highest BCUT2D eigenvalue weighted by Gasteiger charge is 2.32. The Labute approximate surface area is 206 Å². The first-order chi connectivity index (χ1) is 16.3. The van der Waals surface area contributed by atoms with Gasteiger partial charge in [-0.05, 0) is 31.0 Å². The van der Waals surface area contributed by atoms with Crippen molar-refractivity contribution in [2.45, 2.75) is 56.5 Å². The van der Waals surface area contributed by atoms with Crippen LogP contribution in [0.4, 0.5) is 0 Å². The topological polar surface area (TPSA) is 228 Å². The molecular weight excluding hydrogens is 484 g/mol. The van der Waals surface area contributed by atoms with E-state index in [4.69, 9.17) is 15.9 Å². The summed E-state index contributed by atoms with van der Waals surface area (Å²) in [5.41, 5.74) is 6.23. The zero-order chi connectivity index (χ0) is 26.7. The van der Waals surface area contributed by atoms with E-state index in [9.17, 15) is 34.2 Å². The highest BCUT2D eigenvalue weighted by atomic mass is 32.1. The maximum atomic E-state index is 13.0. The van der Waals surface area contributed by atoms with Crippen LogP contribution in [-0.2, 0) is 30.4 Å². The summed E-state index contributed by atoms with van der Waals surface area (Å²) in [6.45, 7) is 1.20. The van der Waals surface area contributed by atoms with E-state index in [0.717, 1.165) is 0 Å². The number of amides is 3. The molecular formula is C21H30N4O9S. The van der Waals surface area contributed by atoms with Gasteiger partial charge in [0.05, 0.1) is 12.1 Å². The number of nitrogens with two attached hydrogens (primary N) is 1. The Morgan fingerprint density at radius 1 is 0.943 bits per heavy atom. The van der Waals surface area contributed by atoms with Crippen molar-refractivity contribution in [3.8, 4) is 5.75 Å². The van der Waals surface area contributed by atoms with Gasteiger partial charge in [0.1, 0.15) is 23.9 Å². The number of aliphatic hydroxyl groups excluding tert-OH is 1. The van der Waals surface area contributed by atoms with Gasteiger partial charge in [0.25, 0.3) is 0 Å². The molecule has 35 heavy (non-hydrogen) atoms. The predicted octanol–water partition coefficient (Wildman–Crippen LogP) is -2.02. The summed E-state index contributed by atoms with van der Waals surface area (Å²) in [5.74, 6) is -5.48. The molecule has 0 heterocycles. The van der Waals surface area contributed by atoms with Crippen LogP contribution in [0.25, 0.3) is 0 Å². The minimum absolute atomic E-state index is 0.0301. The van der Waals surface area contributed by atoms with Crippen LogP contribution in [0.2, 0.25) is 0 Å². The number of carboxylic acids is 2. The SMILES string of the molecule is CC(O)C(NC(=O)C(Cc1ccc(O)cc1)NC(=O)C(N)CCC(=O)O)C(=O)NC(CS)C(=O)O. The van der Waals surface area contributed by atoms with Gasteiger partial charge in [-0.3, -0.25) is 19.2 Å². The number of carbonyl (C=O) groups is 5. The minimum atomic E-state index is -1.57. The Balaban J connectivity index is 3.07. The van der Waals surface area contributed by atoms with Gasteiger partial charge in [-0.2, -0.15) is 12.6 Å². The molecule has 0 spiro atoms. The van der Waals surface area contributed by atoms with E-state index in [-0.39, 0.29) is 30.8 Å². The normalized spacial score (nSPS) is 15.1. The molecule has 1 aromatic rings. The molecule has 9 N–H and O–H groups in total. The number of carboxylic acid groups (broad SMARTS) is 2. The summed E-state index contributed by atoms with van der Waals surface area (Å²) in [6, 6.07) is 0.235. The van der Waals surface area contributed by atoms with Crippen LogP contribution in [-0.4, -0.2) is 86.1 Å². The molecule has 5 atom stereocenters. The first-order valence-corrected chi connectivity index (χ1v) is 11.2. The summed E-state index contributed by atoms with van der Waals surface area (Å²) < 4.78 is 0. The number of phenols is 1. The molecule has 0 bridgehead atoms. The number of nitrogens with one attached hydrogen (secondary N) is 3. The van der Waals surface area contributed by atoms with Gasteiger partial charge in [-0.1, -0.05) is 12.1 Å². The van der Waals surface area contributed by atoms with Gasteiger partial charge in [-0.15, -0.1) is 0 Å². The largest absolute Gasteiger partial charge is 0.508 e. The van der Waals surface area contributed by atoms with E-state index in [1.165, 1.54) is 31.2 Å². The Kier molecular flexibility index (Phi) is 12.0. The van der Waals surface area contributed by atoms with Crippen molar-refractivity contribution in [1.82, 2.24) is 16.0 Å². The van der Waals surface area contributed by atoms with Gasteiger partial charge in [0, 0.05) is 18.6 Å². The molecule has 0 radical (unpaired) electrons. The molecule has 3 amide bonds. The van der Waals surface area contributed by atoms with Gasteiger partial charge in [0.15, 0.2) is 0 Å². The van der Waals surface area contributed by atoms with Crippen molar-refractivity contribution >= 4 is 42.3 Å². The lowest BCUT2D eigenvalue weighted by Gasteiger charge is -2.26. The minimum Gasteiger partial charge on any atom is -0.508 e. The van der Waals surface area contributed by atoms with Crippen LogP contribution in [0.1, 0.15) is 25.3 Å². The number of aromatic hydroxyl groups is 1. The maximum absolute atomic E-state index is 13.0. The summed E-state index contributed by atoms with van der Waals surface area (Å²) >= 11 is 3.84. The monoisotopic (exact) mass is 514 g/mol. The van der Waals surface area contributed by atoms with Crippen molar-refractivity contribution in [1.29, 1.82) is 0 Å². The van der Waals surface area contributed by atoms with Crippen LogP contribution in [0.3, 0.4) is 0 Å². The molecule has 0 aromatic heterocycles. The van der Waals surface area contributed by atoms with Crippen LogP contribution in [0.15, 0.2) is 24.3 Å². The number of hydrogen-bond donors (Lipinski definition) is 9. The second-order valence-corrected chi connectivity index (χ2v) is 8.14. The molecule has 0 aliphatic rings. The van der Waals surface area contributed by atoms with E-state index < -0.39 is 59.9 Å². The lowest BCUT2D eigenvalue weighted by Crippen LogP contribution is -2.60. The predicted molar refractivity (Wildman–Crippen MR) is 126 cm³/mol. The summed E-state index contributed by atoms with van der Waals surface area (Å²) in [4.78, 5) is 59.9. The molecule has 0 aliphatic carbocycles.